The highest BCUT2D eigenvalue weighted by molar-refractivity contribution is 5.71. The highest BCUT2D eigenvalue weighted by atomic mass is 16.5. The highest BCUT2D eigenvalue weighted by Crippen LogP contribution is 2.09. The topological polar surface area (TPSA) is 46.5 Å². The summed E-state index contributed by atoms with van der Waals surface area (Å²) >= 11 is 0. The second-order valence-electron chi connectivity index (χ2n) is 3.21. The van der Waals surface area contributed by atoms with Crippen LogP contribution in [-0.2, 0) is 9.53 Å². The molecule has 3 heteroatoms. The van der Waals surface area contributed by atoms with E-state index >= 15 is 0 Å². The van der Waals surface area contributed by atoms with Crippen LogP contribution < -0.4 is 0 Å². The van der Waals surface area contributed by atoms with E-state index in [2.05, 4.69) is 0 Å². The Kier molecular flexibility index (Phi) is 2.84. The third-order valence-corrected chi connectivity index (χ3v) is 0.878. The van der Waals surface area contributed by atoms with Gasteiger partial charge < -0.3 is 9.84 Å². The maximum Gasteiger partial charge on any atom is 0.332 e. The molecule has 0 aliphatic heterocycles. The summed E-state index contributed by atoms with van der Waals surface area (Å²) in [7, 11) is 0. The number of carbonyl (C=O) groups is 1. The smallest absolute Gasteiger partial charge is 0.332 e. The Morgan fingerprint density at radius 2 is 1.90 bits per heavy atom. The van der Waals surface area contributed by atoms with Gasteiger partial charge in [0.15, 0.2) is 6.10 Å². The van der Waals surface area contributed by atoms with Gasteiger partial charge in [0.25, 0.3) is 0 Å². The molecule has 0 bridgehead atoms. The summed E-state index contributed by atoms with van der Waals surface area (Å²) in [4.78, 5) is 10.3. The molecule has 0 aliphatic rings. The lowest BCUT2D eigenvalue weighted by Gasteiger charge is -2.22. The molecule has 0 amide bonds. The van der Waals surface area contributed by atoms with Crippen LogP contribution in [0.25, 0.3) is 0 Å². The maximum absolute atomic E-state index is 10.3. The molecule has 0 aromatic heterocycles. The lowest BCUT2D eigenvalue weighted by atomic mass is 10.2. The number of carboxylic acid groups (broad SMARTS) is 1. The summed E-state index contributed by atoms with van der Waals surface area (Å²) in [5.74, 6) is -0.921. The van der Waals surface area contributed by atoms with E-state index < -0.39 is 12.1 Å². The number of aliphatic carboxylic acids is 1. The van der Waals surface area contributed by atoms with Crippen LogP contribution in [0.15, 0.2) is 0 Å². The first-order chi connectivity index (χ1) is 4.33. The first-order valence-corrected chi connectivity index (χ1v) is 3.23. The van der Waals surface area contributed by atoms with E-state index in [1.54, 1.807) is 0 Å². The van der Waals surface area contributed by atoms with Crippen molar-refractivity contribution >= 4 is 5.97 Å². The van der Waals surface area contributed by atoms with Crippen LogP contribution in [0, 0.1) is 0 Å². The Balaban J connectivity index is 3.80. The fourth-order valence-corrected chi connectivity index (χ4v) is 0.581. The molecule has 0 aromatic rings. The lowest BCUT2D eigenvalue weighted by Crippen LogP contribution is -2.30. The summed E-state index contributed by atoms with van der Waals surface area (Å²) in [6.07, 6.45) is -0.722. The minimum atomic E-state index is -0.921. The van der Waals surface area contributed by atoms with Crippen molar-refractivity contribution in [1.82, 2.24) is 0 Å². The molecular formula is C7H14O3. The molecule has 10 heavy (non-hydrogen) atoms. The number of hydrogen-bond acceptors (Lipinski definition) is 2. The standard InChI is InChI=1S/C7H14O3/c1-5(6(8)9)10-7(2,3)4/h5H,1-4H3,(H,8,9)/t5-/m0/s1. The van der Waals surface area contributed by atoms with Crippen LogP contribution in [-0.4, -0.2) is 22.8 Å². The molecule has 0 aliphatic carbocycles. The zero-order valence-corrected chi connectivity index (χ0v) is 6.84. The molecule has 1 N–H and O–H groups in total. The van der Waals surface area contributed by atoms with Gasteiger partial charge in [-0.2, -0.15) is 0 Å². The van der Waals surface area contributed by atoms with Crippen LogP contribution in [0.3, 0.4) is 0 Å². The molecule has 0 spiro atoms. The van der Waals surface area contributed by atoms with Crippen molar-refractivity contribution in [1.29, 1.82) is 0 Å². The molecule has 0 fully saturated rings. The Morgan fingerprint density at radius 3 is 2.00 bits per heavy atom. The third-order valence-electron chi connectivity index (χ3n) is 0.878. The first kappa shape index (κ1) is 9.43. The van der Waals surface area contributed by atoms with Crippen molar-refractivity contribution in [3.05, 3.63) is 0 Å². The molecule has 0 radical (unpaired) electrons. The molecule has 0 heterocycles. The number of ether oxygens (including phenoxy) is 1. The number of carboxylic acids is 1. The Labute approximate surface area is 61.0 Å². The lowest BCUT2D eigenvalue weighted by molar-refractivity contribution is -0.157. The van der Waals surface area contributed by atoms with E-state index in [1.807, 2.05) is 20.8 Å². The van der Waals surface area contributed by atoms with Gasteiger partial charge in [-0.1, -0.05) is 0 Å². The van der Waals surface area contributed by atoms with Crippen molar-refractivity contribution in [2.24, 2.45) is 0 Å². The average molecular weight is 146 g/mol. The summed E-state index contributed by atoms with van der Waals surface area (Å²) in [5, 5.41) is 8.42. The highest BCUT2D eigenvalue weighted by Gasteiger charge is 2.19. The van der Waals surface area contributed by atoms with Crippen molar-refractivity contribution < 1.29 is 14.6 Å². The van der Waals surface area contributed by atoms with Gasteiger partial charge in [0.2, 0.25) is 0 Å². The second-order valence-corrected chi connectivity index (χ2v) is 3.21. The molecule has 0 unspecified atom stereocenters. The molecular weight excluding hydrogens is 132 g/mol. The van der Waals surface area contributed by atoms with Crippen molar-refractivity contribution in [3.63, 3.8) is 0 Å². The van der Waals surface area contributed by atoms with Crippen molar-refractivity contribution in [2.45, 2.75) is 39.4 Å². The summed E-state index contributed by atoms with van der Waals surface area (Å²) in [6, 6.07) is 0. The maximum atomic E-state index is 10.3. The normalized spacial score (nSPS) is 14.8. The average Bonchev–Trinajstić information content (AvgIpc) is 1.60. The molecule has 0 saturated carbocycles. The molecule has 0 saturated heterocycles. The van der Waals surface area contributed by atoms with Crippen LogP contribution in [0.4, 0.5) is 0 Å². The monoisotopic (exact) mass is 146 g/mol. The van der Waals surface area contributed by atoms with Crippen LogP contribution in [0.2, 0.25) is 0 Å². The molecule has 0 rings (SSSR count). The zero-order valence-electron chi connectivity index (χ0n) is 6.84. The predicted molar refractivity (Wildman–Crippen MR) is 37.9 cm³/mol. The van der Waals surface area contributed by atoms with Gasteiger partial charge in [0.05, 0.1) is 5.60 Å². The summed E-state index contributed by atoms with van der Waals surface area (Å²) in [5.41, 5.74) is -0.377. The first-order valence-electron chi connectivity index (χ1n) is 3.23. The van der Waals surface area contributed by atoms with Crippen LogP contribution in [0.5, 0.6) is 0 Å². The van der Waals surface area contributed by atoms with Gasteiger partial charge in [0, 0.05) is 0 Å². The SMILES string of the molecule is C[C@H](OC(C)(C)C)C(=O)O. The van der Waals surface area contributed by atoms with E-state index in [4.69, 9.17) is 9.84 Å². The summed E-state index contributed by atoms with van der Waals surface area (Å²) in [6.45, 7) is 7.00. The van der Waals surface area contributed by atoms with Gasteiger partial charge in [-0.15, -0.1) is 0 Å². The Morgan fingerprint density at radius 1 is 1.50 bits per heavy atom. The second kappa shape index (κ2) is 3.01. The van der Waals surface area contributed by atoms with E-state index in [9.17, 15) is 4.79 Å². The Hall–Kier alpha value is -0.570. The van der Waals surface area contributed by atoms with E-state index in [-0.39, 0.29) is 5.60 Å². The van der Waals surface area contributed by atoms with Crippen molar-refractivity contribution in [3.8, 4) is 0 Å². The Bertz CT molecular complexity index is 123. The quantitative estimate of drug-likeness (QED) is 0.638. The summed E-state index contributed by atoms with van der Waals surface area (Å²) < 4.78 is 5.10. The fourth-order valence-electron chi connectivity index (χ4n) is 0.581. The van der Waals surface area contributed by atoms with Gasteiger partial charge in [-0.25, -0.2) is 4.79 Å². The van der Waals surface area contributed by atoms with Gasteiger partial charge in [-0.05, 0) is 27.7 Å². The van der Waals surface area contributed by atoms with Gasteiger partial charge in [0.1, 0.15) is 0 Å². The fraction of sp³-hybridized carbons (Fsp3) is 0.857. The minimum absolute atomic E-state index is 0.377. The van der Waals surface area contributed by atoms with Crippen molar-refractivity contribution in [2.75, 3.05) is 0 Å². The van der Waals surface area contributed by atoms with Crippen LogP contribution in [0.1, 0.15) is 27.7 Å². The molecule has 1 atom stereocenters. The molecule has 0 aromatic carbocycles. The van der Waals surface area contributed by atoms with Gasteiger partial charge >= 0.3 is 5.97 Å². The van der Waals surface area contributed by atoms with E-state index in [0.717, 1.165) is 0 Å². The zero-order chi connectivity index (χ0) is 8.36. The minimum Gasteiger partial charge on any atom is -0.479 e. The molecule has 3 nitrogen and oxygen atoms in total. The molecule has 60 valence electrons. The largest absolute Gasteiger partial charge is 0.479 e. The van der Waals surface area contributed by atoms with Gasteiger partial charge in [-0.3, -0.25) is 0 Å². The van der Waals surface area contributed by atoms with Crippen LogP contribution >= 0.6 is 0 Å². The predicted octanol–water partition coefficient (Wildman–Crippen LogP) is 1.27. The number of rotatable bonds is 2. The third kappa shape index (κ3) is 4.32. The number of hydrogen-bond donors (Lipinski definition) is 1. The van der Waals surface area contributed by atoms with E-state index in [0.29, 0.717) is 0 Å². The van der Waals surface area contributed by atoms with E-state index in [1.165, 1.54) is 6.92 Å².